The Hall–Kier alpha value is -6.37. The molecule has 3 rings (SSSR count). The third kappa shape index (κ3) is 20.9. The van der Waals surface area contributed by atoms with Crippen LogP contribution in [0.5, 0.6) is 0 Å². The van der Waals surface area contributed by atoms with E-state index < -0.39 is 80.6 Å². The van der Waals surface area contributed by atoms with Crippen molar-refractivity contribution in [3.8, 4) is 0 Å². The lowest BCUT2D eigenvalue weighted by Crippen LogP contribution is -2.61. The number of unbranched alkanes of at least 4 members (excludes halogenated alkanes) is 1. The van der Waals surface area contributed by atoms with Crippen LogP contribution < -0.4 is 37.0 Å². The van der Waals surface area contributed by atoms with E-state index in [4.69, 9.17) is 19.9 Å². The minimum atomic E-state index is -4.45. The largest absolute Gasteiger partial charge is 0.379 e. The Bertz CT molecular complexity index is 2570. The summed E-state index contributed by atoms with van der Waals surface area (Å²) >= 11 is 0. The van der Waals surface area contributed by atoms with E-state index in [-0.39, 0.29) is 105 Å². The number of hydrogen-bond donors (Lipinski definition) is 7. The second-order valence-corrected chi connectivity index (χ2v) is 23.7. The first-order valence-corrected chi connectivity index (χ1v) is 28.6. The third-order valence-electron chi connectivity index (χ3n) is 13.5. The van der Waals surface area contributed by atoms with Crippen LogP contribution >= 0.6 is 0 Å². The standard InChI is InChI=1S/C57H87N9O13S/c1-37(2)44(65(12)55(74)50(56(6,7)8)63-54(73)49(59-11)57(9,10)40-18-14-13-15-19-40)36-39(5)51(70)64-80(75,76)42-23-21-41(22-24-42)60-52(71)43(20-16-17-28-58)61-53(72)48(38(3)4)62-45(67)27-30-77-32-34-79-35-33-78-31-29-66-46(68)25-26-47(66)69/h13-15,18-19,21-26,36-38,43-44,48-50,59H,16-17,20,27-35,58H2,1-12H3,(H,60,71)(H,61,72)(H,62,67)(H,63,73)(H,64,70)/b39-36+/t43-,44+,48-,49+,50+/m0/s1. The summed E-state index contributed by atoms with van der Waals surface area (Å²) in [5, 5.41) is 14.3. The lowest BCUT2D eigenvalue weighted by Gasteiger charge is -2.40. The Kier molecular flexibility index (Phi) is 27.3. The van der Waals surface area contributed by atoms with Crippen molar-refractivity contribution in [3.05, 3.63) is 84.0 Å². The molecule has 8 amide bonds. The molecule has 1 aliphatic rings. The van der Waals surface area contributed by atoms with Crippen molar-refractivity contribution in [1.82, 2.24) is 35.8 Å². The number of nitrogens with zero attached hydrogens (tertiary/aromatic N) is 2. The number of benzene rings is 2. The molecule has 8 N–H and O–H groups in total. The van der Waals surface area contributed by atoms with Crippen LogP contribution in [0.15, 0.2) is 83.3 Å². The summed E-state index contributed by atoms with van der Waals surface area (Å²) in [7, 11) is -1.18. The lowest BCUT2D eigenvalue weighted by molar-refractivity contribution is -0.141. The third-order valence-corrected chi connectivity index (χ3v) is 14.9. The average Bonchev–Trinajstić information content (AvgIpc) is 3.73. The fourth-order valence-corrected chi connectivity index (χ4v) is 9.71. The summed E-state index contributed by atoms with van der Waals surface area (Å²) in [6.45, 7) is 19.7. The van der Waals surface area contributed by atoms with Gasteiger partial charge in [0.15, 0.2) is 0 Å². The van der Waals surface area contributed by atoms with Crippen molar-refractivity contribution in [1.29, 1.82) is 0 Å². The van der Waals surface area contributed by atoms with E-state index in [2.05, 4.69) is 31.3 Å². The molecule has 23 heteroatoms. The predicted molar refractivity (Wildman–Crippen MR) is 304 cm³/mol. The highest BCUT2D eigenvalue weighted by Crippen LogP contribution is 2.29. The van der Waals surface area contributed by atoms with Crippen molar-refractivity contribution in [2.75, 3.05) is 72.1 Å². The molecule has 1 heterocycles. The van der Waals surface area contributed by atoms with Crippen molar-refractivity contribution in [2.24, 2.45) is 23.0 Å². The van der Waals surface area contributed by atoms with Gasteiger partial charge in [-0.05, 0) is 86.9 Å². The van der Waals surface area contributed by atoms with Crippen LogP contribution in [0.25, 0.3) is 0 Å². The zero-order valence-electron chi connectivity index (χ0n) is 48.6. The maximum Gasteiger partial charge on any atom is 0.264 e. The van der Waals surface area contributed by atoms with Crippen LogP contribution in [0.3, 0.4) is 0 Å². The number of rotatable bonds is 34. The molecule has 80 heavy (non-hydrogen) atoms. The first-order chi connectivity index (χ1) is 37.6. The van der Waals surface area contributed by atoms with Crippen molar-refractivity contribution in [3.63, 3.8) is 0 Å². The first kappa shape index (κ1) is 67.9. The number of imide groups is 1. The van der Waals surface area contributed by atoms with Gasteiger partial charge in [0, 0.05) is 42.3 Å². The van der Waals surface area contributed by atoms with Crippen LogP contribution in [0.4, 0.5) is 5.69 Å². The van der Waals surface area contributed by atoms with Crippen LogP contribution in [0.2, 0.25) is 0 Å². The van der Waals surface area contributed by atoms with Gasteiger partial charge in [-0.15, -0.1) is 0 Å². The molecule has 0 unspecified atom stereocenters. The number of ether oxygens (including phenoxy) is 3. The minimum absolute atomic E-state index is 0.0191. The van der Waals surface area contributed by atoms with Gasteiger partial charge in [-0.2, -0.15) is 0 Å². The Balaban J connectivity index is 1.59. The van der Waals surface area contributed by atoms with Crippen LogP contribution in [0.1, 0.15) is 100 Å². The highest BCUT2D eigenvalue weighted by molar-refractivity contribution is 7.90. The van der Waals surface area contributed by atoms with Gasteiger partial charge in [-0.3, -0.25) is 43.3 Å². The van der Waals surface area contributed by atoms with Gasteiger partial charge >= 0.3 is 0 Å². The topological polar surface area (TPSA) is 303 Å². The molecule has 0 aliphatic carbocycles. The molecule has 22 nitrogen and oxygen atoms in total. The van der Waals surface area contributed by atoms with Gasteiger partial charge < -0.3 is 51.4 Å². The molecule has 2 aromatic rings. The molecule has 0 saturated carbocycles. The highest BCUT2D eigenvalue weighted by atomic mass is 32.2. The van der Waals surface area contributed by atoms with Gasteiger partial charge in [0.05, 0.1) is 63.2 Å². The number of hydrogen-bond acceptors (Lipinski definition) is 15. The van der Waals surface area contributed by atoms with E-state index in [1.54, 1.807) is 27.9 Å². The summed E-state index contributed by atoms with van der Waals surface area (Å²) < 4.78 is 45.6. The number of anilines is 1. The molecule has 0 fully saturated rings. The summed E-state index contributed by atoms with van der Waals surface area (Å²) in [5.74, 6) is -4.70. The molecular weight excluding hydrogens is 1050 g/mol. The number of amides is 8. The molecule has 5 atom stereocenters. The normalized spacial score (nSPS) is 15.0. The highest BCUT2D eigenvalue weighted by Gasteiger charge is 2.42. The second-order valence-electron chi connectivity index (χ2n) is 22.0. The van der Waals surface area contributed by atoms with E-state index in [1.807, 2.05) is 78.8 Å². The number of carbonyl (C=O) groups excluding carboxylic acids is 8. The molecule has 0 spiro atoms. The maximum absolute atomic E-state index is 14.4. The molecule has 0 radical (unpaired) electrons. The van der Waals surface area contributed by atoms with Gasteiger partial charge in [0.1, 0.15) is 18.1 Å². The van der Waals surface area contributed by atoms with Gasteiger partial charge in [0.25, 0.3) is 27.7 Å². The molecule has 0 bridgehead atoms. The number of nitrogens with two attached hydrogens (primary N) is 1. The molecule has 1 aliphatic heterocycles. The molecule has 0 aromatic heterocycles. The molecule has 0 saturated heterocycles. The fraction of sp³-hybridized carbons (Fsp3) is 0.579. The van der Waals surface area contributed by atoms with Crippen molar-refractivity contribution >= 4 is 63.0 Å². The van der Waals surface area contributed by atoms with Crippen LogP contribution in [-0.4, -0.2) is 163 Å². The fourth-order valence-electron chi connectivity index (χ4n) is 8.69. The number of nitrogens with one attached hydrogen (secondary N) is 6. The van der Waals surface area contributed by atoms with E-state index in [0.717, 1.165) is 10.5 Å². The van der Waals surface area contributed by atoms with E-state index in [0.29, 0.717) is 19.4 Å². The molecule has 444 valence electrons. The van der Waals surface area contributed by atoms with Gasteiger partial charge in [-0.1, -0.05) is 98.7 Å². The Morgan fingerprint density at radius 3 is 1.84 bits per heavy atom. The van der Waals surface area contributed by atoms with E-state index >= 15 is 0 Å². The Morgan fingerprint density at radius 2 is 1.30 bits per heavy atom. The van der Waals surface area contributed by atoms with Crippen molar-refractivity contribution in [2.45, 2.75) is 135 Å². The zero-order chi connectivity index (χ0) is 60.0. The van der Waals surface area contributed by atoms with E-state index in [1.165, 1.54) is 54.3 Å². The Labute approximate surface area is 472 Å². The summed E-state index contributed by atoms with van der Waals surface area (Å²) in [5.41, 5.74) is 5.48. The predicted octanol–water partition coefficient (Wildman–Crippen LogP) is 3.08. The summed E-state index contributed by atoms with van der Waals surface area (Å²) in [6, 6.07) is 10.3. The van der Waals surface area contributed by atoms with Crippen LogP contribution in [-0.2, 0) is 68.0 Å². The van der Waals surface area contributed by atoms with Crippen molar-refractivity contribution < 1.29 is 61.0 Å². The van der Waals surface area contributed by atoms with Gasteiger partial charge in [0.2, 0.25) is 29.5 Å². The zero-order valence-corrected chi connectivity index (χ0v) is 49.5. The second kappa shape index (κ2) is 32.2. The number of carbonyl (C=O) groups is 8. The minimum Gasteiger partial charge on any atom is -0.379 e. The molecule has 2 aromatic carbocycles. The van der Waals surface area contributed by atoms with Gasteiger partial charge in [-0.25, -0.2) is 13.1 Å². The number of likely N-dealkylation sites (N-methyl/N-ethyl adjacent to an activating group) is 2. The summed E-state index contributed by atoms with van der Waals surface area (Å²) in [6.07, 6.45) is 5.14. The quantitative estimate of drug-likeness (QED) is 0.0301. The lowest BCUT2D eigenvalue weighted by atomic mass is 9.76. The summed E-state index contributed by atoms with van der Waals surface area (Å²) in [4.78, 5) is 108. The monoisotopic (exact) mass is 1140 g/mol. The Morgan fingerprint density at radius 1 is 0.725 bits per heavy atom. The smallest absolute Gasteiger partial charge is 0.264 e. The SMILES string of the molecule is CN[C@H](C(=O)N[C@H](C(=O)N(C)[C@H](/C=C(\C)C(=O)NS(=O)(=O)c1ccc(NC(=O)[C@H](CCCCN)NC(=O)[C@@H](NC(=O)CCOCCOCCOCCN2C(=O)C=CC2=O)C(C)C)cc1)C(C)C)C(C)(C)C)C(C)(C)c1ccccc1. The van der Waals surface area contributed by atoms with Crippen LogP contribution in [0, 0.1) is 17.3 Å². The average molecular weight is 1140 g/mol. The van der Waals surface area contributed by atoms with E-state index in [9.17, 15) is 46.8 Å². The molecular formula is C57H87N9O13S. The maximum atomic E-state index is 14.4. The number of sulfonamides is 1. The first-order valence-electron chi connectivity index (χ1n) is 27.1.